The lowest BCUT2D eigenvalue weighted by Gasteiger charge is -2.27. The third-order valence-electron chi connectivity index (χ3n) is 5.68. The summed E-state index contributed by atoms with van der Waals surface area (Å²) in [4.78, 5) is 63.0. The van der Waals surface area contributed by atoms with Gasteiger partial charge in [-0.3, -0.25) is 28.9 Å². The summed E-state index contributed by atoms with van der Waals surface area (Å²) in [5.41, 5.74) is -0.804. The summed E-state index contributed by atoms with van der Waals surface area (Å²) < 4.78 is 38.7. The van der Waals surface area contributed by atoms with E-state index in [2.05, 4.69) is 5.32 Å². The van der Waals surface area contributed by atoms with E-state index in [1.165, 1.54) is 24.3 Å². The van der Waals surface area contributed by atoms with Gasteiger partial charge in [-0.2, -0.15) is 13.2 Å². The minimum Gasteiger partial charge on any atom is -0.348 e. The zero-order valence-electron chi connectivity index (χ0n) is 17.1. The minimum absolute atomic E-state index is 0.0246. The first kappa shape index (κ1) is 22.4. The van der Waals surface area contributed by atoms with Crippen molar-refractivity contribution in [2.45, 2.75) is 38.0 Å². The van der Waals surface area contributed by atoms with Crippen LogP contribution in [0.2, 0.25) is 0 Å². The van der Waals surface area contributed by atoms with Crippen LogP contribution < -0.4 is 5.32 Å². The summed E-state index contributed by atoms with van der Waals surface area (Å²) in [6.45, 7) is -0.220. The van der Waals surface area contributed by atoms with E-state index < -0.39 is 41.3 Å². The van der Waals surface area contributed by atoms with Gasteiger partial charge in [-0.1, -0.05) is 18.2 Å². The lowest BCUT2D eigenvalue weighted by molar-refractivity contribution is -0.137. The summed E-state index contributed by atoms with van der Waals surface area (Å²) in [6, 6.07) is 7.32. The number of nitrogens with zero attached hydrogens (tertiary/aromatic N) is 1. The van der Waals surface area contributed by atoms with E-state index in [0.717, 1.165) is 23.1 Å². The molecule has 2 aromatic rings. The second kappa shape index (κ2) is 8.27. The molecular weight excluding hydrogens is 441 g/mol. The standard InChI is InChI=1S/C23H17F3N2O5/c24-23(25,26)14-5-1-3-12(9-14)20(31)27-11-13-4-2-6-16-19(13)22(33)28(21(16)32)17-8-7-15(29)10-18(17)30/h1-6,9,17H,7-8,10-11H2,(H,27,31). The number of amides is 3. The summed E-state index contributed by atoms with van der Waals surface area (Å²) in [7, 11) is 0. The lowest BCUT2D eigenvalue weighted by atomic mass is 9.92. The van der Waals surface area contributed by atoms with Crippen LogP contribution in [0.1, 0.15) is 61.5 Å². The van der Waals surface area contributed by atoms with Crippen molar-refractivity contribution in [2.75, 3.05) is 0 Å². The van der Waals surface area contributed by atoms with Crippen LogP contribution >= 0.6 is 0 Å². The van der Waals surface area contributed by atoms with E-state index in [4.69, 9.17) is 0 Å². The smallest absolute Gasteiger partial charge is 0.348 e. The van der Waals surface area contributed by atoms with Crippen molar-refractivity contribution in [2.24, 2.45) is 0 Å². The van der Waals surface area contributed by atoms with Gasteiger partial charge in [0.25, 0.3) is 17.7 Å². The Morgan fingerprint density at radius 1 is 1.03 bits per heavy atom. The number of Topliss-reactive ketones (excluding diaryl/α,β-unsaturated/α-hetero) is 2. The molecule has 1 aliphatic carbocycles. The van der Waals surface area contributed by atoms with Crippen molar-refractivity contribution >= 4 is 29.3 Å². The third-order valence-corrected chi connectivity index (χ3v) is 5.68. The fourth-order valence-corrected chi connectivity index (χ4v) is 4.05. The molecule has 0 saturated heterocycles. The Balaban J connectivity index is 1.55. The SMILES string of the molecule is O=C1CCC(N2C(=O)c3cccc(CNC(=O)c4cccc(C(F)(F)F)c4)c3C2=O)C(=O)C1. The molecular formula is C23H17F3N2O5. The number of benzene rings is 2. The van der Waals surface area contributed by atoms with Crippen molar-refractivity contribution in [3.63, 3.8) is 0 Å². The number of hydrogen-bond acceptors (Lipinski definition) is 5. The molecule has 10 heteroatoms. The molecule has 0 aromatic heterocycles. The maximum absolute atomic E-state index is 13.1. The van der Waals surface area contributed by atoms with E-state index in [0.29, 0.717) is 0 Å². The number of fused-ring (bicyclic) bond motifs is 1. The molecule has 1 fully saturated rings. The van der Waals surface area contributed by atoms with Gasteiger partial charge >= 0.3 is 6.18 Å². The number of nitrogens with one attached hydrogen (secondary N) is 1. The number of alkyl halides is 3. The molecule has 3 amide bonds. The first-order valence-corrected chi connectivity index (χ1v) is 10.1. The van der Waals surface area contributed by atoms with Gasteiger partial charge in [0, 0.05) is 18.5 Å². The fraction of sp³-hybridized carbons (Fsp3) is 0.261. The topological polar surface area (TPSA) is 101 Å². The van der Waals surface area contributed by atoms with Crippen LogP contribution in [0.5, 0.6) is 0 Å². The Morgan fingerprint density at radius 3 is 2.45 bits per heavy atom. The highest BCUT2D eigenvalue weighted by atomic mass is 19.4. The Kier molecular flexibility index (Phi) is 5.61. The van der Waals surface area contributed by atoms with Gasteiger partial charge in [0.05, 0.1) is 29.2 Å². The molecule has 2 aliphatic rings. The number of carbonyl (C=O) groups excluding carboxylic acids is 5. The minimum atomic E-state index is -4.60. The van der Waals surface area contributed by atoms with E-state index in [9.17, 15) is 37.1 Å². The van der Waals surface area contributed by atoms with Crippen molar-refractivity contribution < 1.29 is 37.1 Å². The first-order valence-electron chi connectivity index (χ1n) is 10.1. The molecule has 170 valence electrons. The number of rotatable bonds is 4. The summed E-state index contributed by atoms with van der Waals surface area (Å²) in [6.07, 6.45) is -4.79. The molecule has 1 aliphatic heterocycles. The van der Waals surface area contributed by atoms with E-state index in [1.54, 1.807) is 0 Å². The van der Waals surface area contributed by atoms with Gasteiger partial charge < -0.3 is 5.32 Å². The third kappa shape index (κ3) is 4.15. The number of halogens is 3. The van der Waals surface area contributed by atoms with E-state index in [1.807, 2.05) is 0 Å². The van der Waals surface area contributed by atoms with E-state index in [-0.39, 0.29) is 53.8 Å². The molecule has 33 heavy (non-hydrogen) atoms. The van der Waals surface area contributed by atoms with Crippen LogP contribution in [0.25, 0.3) is 0 Å². The molecule has 4 rings (SSSR count). The molecule has 7 nitrogen and oxygen atoms in total. The van der Waals surface area contributed by atoms with Gasteiger partial charge in [-0.25, -0.2) is 0 Å². The monoisotopic (exact) mass is 458 g/mol. The van der Waals surface area contributed by atoms with Crippen LogP contribution in [0.4, 0.5) is 13.2 Å². The summed E-state index contributed by atoms with van der Waals surface area (Å²) in [5.74, 6) is -2.89. The van der Waals surface area contributed by atoms with Crippen LogP contribution in [0.15, 0.2) is 42.5 Å². The average molecular weight is 458 g/mol. The van der Waals surface area contributed by atoms with Gasteiger partial charge in [0.1, 0.15) is 5.78 Å². The molecule has 0 bridgehead atoms. The first-order chi connectivity index (χ1) is 15.6. The number of imide groups is 1. The maximum Gasteiger partial charge on any atom is 0.416 e. The summed E-state index contributed by atoms with van der Waals surface area (Å²) in [5, 5.41) is 2.47. The normalized spacial score (nSPS) is 18.5. The molecule has 0 spiro atoms. The van der Waals surface area contributed by atoms with Gasteiger partial charge in [-0.05, 0) is 36.2 Å². The van der Waals surface area contributed by atoms with Crippen LogP contribution in [-0.4, -0.2) is 40.2 Å². The highest BCUT2D eigenvalue weighted by molar-refractivity contribution is 6.24. The van der Waals surface area contributed by atoms with Gasteiger partial charge in [-0.15, -0.1) is 0 Å². The van der Waals surface area contributed by atoms with E-state index >= 15 is 0 Å². The number of hydrogen-bond donors (Lipinski definition) is 1. The zero-order chi connectivity index (χ0) is 23.9. The Bertz CT molecular complexity index is 1200. The maximum atomic E-state index is 13.1. The summed E-state index contributed by atoms with van der Waals surface area (Å²) >= 11 is 0. The average Bonchev–Trinajstić information content (AvgIpc) is 3.02. The highest BCUT2D eigenvalue weighted by Gasteiger charge is 2.45. The van der Waals surface area contributed by atoms with Gasteiger partial charge in [0.2, 0.25) is 0 Å². The van der Waals surface area contributed by atoms with Gasteiger partial charge in [0.15, 0.2) is 5.78 Å². The second-order valence-electron chi connectivity index (χ2n) is 7.82. The predicted octanol–water partition coefficient (Wildman–Crippen LogP) is 2.92. The van der Waals surface area contributed by atoms with Crippen LogP contribution in [-0.2, 0) is 22.3 Å². The molecule has 1 N–H and O–H groups in total. The number of carbonyl (C=O) groups is 5. The fourth-order valence-electron chi connectivity index (χ4n) is 4.05. The van der Waals surface area contributed by atoms with Crippen LogP contribution in [0.3, 0.4) is 0 Å². The Morgan fingerprint density at radius 2 is 1.76 bits per heavy atom. The quantitative estimate of drug-likeness (QED) is 0.561. The lowest BCUT2D eigenvalue weighted by Crippen LogP contribution is -2.47. The zero-order valence-corrected chi connectivity index (χ0v) is 17.1. The Labute approximate surface area is 185 Å². The largest absolute Gasteiger partial charge is 0.416 e. The predicted molar refractivity (Wildman–Crippen MR) is 107 cm³/mol. The van der Waals surface area contributed by atoms with Crippen molar-refractivity contribution in [3.8, 4) is 0 Å². The molecule has 1 heterocycles. The second-order valence-corrected chi connectivity index (χ2v) is 7.82. The molecule has 1 saturated carbocycles. The highest BCUT2D eigenvalue weighted by Crippen LogP contribution is 2.32. The Hall–Kier alpha value is -3.82. The molecule has 1 atom stereocenters. The number of ketones is 2. The molecule has 1 unspecified atom stereocenters. The van der Waals surface area contributed by atoms with Crippen molar-refractivity contribution in [1.82, 2.24) is 10.2 Å². The van der Waals surface area contributed by atoms with Crippen molar-refractivity contribution in [1.29, 1.82) is 0 Å². The molecule has 2 aromatic carbocycles. The molecule has 0 radical (unpaired) electrons. The van der Waals surface area contributed by atoms with Crippen LogP contribution in [0, 0.1) is 0 Å². The van der Waals surface area contributed by atoms with Crippen molar-refractivity contribution in [3.05, 3.63) is 70.3 Å².